The maximum atomic E-state index is 10.8. The maximum Gasteiger partial charge on any atom is 0.269 e. The number of nitro benzene ring substituents is 1. The molecule has 4 heteroatoms. The van der Waals surface area contributed by atoms with Crippen molar-refractivity contribution in [1.82, 2.24) is 0 Å². The van der Waals surface area contributed by atoms with Gasteiger partial charge in [0, 0.05) is 23.9 Å². The molecule has 0 aromatic heterocycles. The molecule has 0 saturated heterocycles. The minimum absolute atomic E-state index is 0.0157. The van der Waals surface area contributed by atoms with Gasteiger partial charge in [-0.15, -0.1) is 0 Å². The van der Waals surface area contributed by atoms with Crippen molar-refractivity contribution in [3.63, 3.8) is 0 Å². The molecule has 0 bridgehead atoms. The molecule has 21 heavy (non-hydrogen) atoms. The first-order chi connectivity index (χ1) is 10.1. The van der Waals surface area contributed by atoms with Gasteiger partial charge >= 0.3 is 0 Å². The average molecular weight is 284 g/mol. The SMILES string of the molecule is CCCc1ccc(NC(C)c2cccc([N+](=O)[O-])c2)cc1. The van der Waals surface area contributed by atoms with Crippen molar-refractivity contribution in [3.8, 4) is 0 Å². The highest BCUT2D eigenvalue weighted by Gasteiger charge is 2.10. The summed E-state index contributed by atoms with van der Waals surface area (Å²) in [6.07, 6.45) is 2.22. The summed E-state index contributed by atoms with van der Waals surface area (Å²) < 4.78 is 0. The van der Waals surface area contributed by atoms with Gasteiger partial charge in [-0.2, -0.15) is 0 Å². The molecule has 0 radical (unpaired) electrons. The second kappa shape index (κ2) is 6.88. The molecule has 0 aliphatic heterocycles. The Morgan fingerprint density at radius 3 is 2.52 bits per heavy atom. The van der Waals surface area contributed by atoms with Gasteiger partial charge in [0.2, 0.25) is 0 Å². The smallest absolute Gasteiger partial charge is 0.269 e. The van der Waals surface area contributed by atoms with Crippen LogP contribution in [0.2, 0.25) is 0 Å². The Balaban J connectivity index is 2.08. The molecule has 0 spiro atoms. The summed E-state index contributed by atoms with van der Waals surface area (Å²) in [6.45, 7) is 4.16. The largest absolute Gasteiger partial charge is 0.379 e. The van der Waals surface area contributed by atoms with E-state index in [9.17, 15) is 10.1 Å². The number of aryl methyl sites for hydroxylation is 1. The number of hydrogen-bond donors (Lipinski definition) is 1. The quantitative estimate of drug-likeness (QED) is 0.616. The van der Waals surface area contributed by atoms with Crippen LogP contribution in [0.25, 0.3) is 0 Å². The first-order valence-electron chi connectivity index (χ1n) is 7.20. The number of nitrogens with zero attached hydrogens (tertiary/aromatic N) is 1. The molecule has 4 nitrogen and oxygen atoms in total. The van der Waals surface area contributed by atoms with Crippen LogP contribution in [0.15, 0.2) is 48.5 Å². The predicted molar refractivity (Wildman–Crippen MR) is 85.6 cm³/mol. The molecule has 0 aliphatic carbocycles. The normalized spacial score (nSPS) is 11.9. The van der Waals surface area contributed by atoms with Gasteiger partial charge in [-0.05, 0) is 36.6 Å². The lowest BCUT2D eigenvalue weighted by Gasteiger charge is -2.16. The lowest BCUT2D eigenvalue weighted by atomic mass is 10.1. The van der Waals surface area contributed by atoms with Crippen molar-refractivity contribution in [2.24, 2.45) is 0 Å². The van der Waals surface area contributed by atoms with Crippen molar-refractivity contribution < 1.29 is 4.92 Å². The van der Waals surface area contributed by atoms with Crippen LogP contribution in [-0.4, -0.2) is 4.92 Å². The molecule has 0 saturated carbocycles. The highest BCUT2D eigenvalue weighted by molar-refractivity contribution is 5.47. The van der Waals surface area contributed by atoms with Crippen LogP contribution >= 0.6 is 0 Å². The minimum atomic E-state index is -0.365. The van der Waals surface area contributed by atoms with Crippen LogP contribution in [0.1, 0.15) is 37.4 Å². The van der Waals surface area contributed by atoms with E-state index in [0.29, 0.717) is 0 Å². The predicted octanol–water partition coefficient (Wildman–Crippen LogP) is 4.72. The van der Waals surface area contributed by atoms with Gasteiger partial charge in [0.25, 0.3) is 5.69 Å². The van der Waals surface area contributed by atoms with Crippen LogP contribution in [0.4, 0.5) is 11.4 Å². The van der Waals surface area contributed by atoms with E-state index in [1.54, 1.807) is 12.1 Å². The fraction of sp³-hybridized carbons (Fsp3) is 0.294. The Morgan fingerprint density at radius 1 is 1.19 bits per heavy atom. The summed E-state index contributed by atoms with van der Waals surface area (Å²) >= 11 is 0. The van der Waals surface area contributed by atoms with Gasteiger partial charge in [-0.3, -0.25) is 10.1 Å². The van der Waals surface area contributed by atoms with E-state index in [4.69, 9.17) is 0 Å². The highest BCUT2D eigenvalue weighted by Crippen LogP contribution is 2.23. The molecular formula is C17H20N2O2. The second-order valence-electron chi connectivity index (χ2n) is 5.17. The summed E-state index contributed by atoms with van der Waals surface area (Å²) in [4.78, 5) is 10.5. The minimum Gasteiger partial charge on any atom is -0.379 e. The van der Waals surface area contributed by atoms with Crippen molar-refractivity contribution in [1.29, 1.82) is 0 Å². The molecule has 2 aromatic rings. The van der Waals surface area contributed by atoms with E-state index in [0.717, 1.165) is 24.1 Å². The van der Waals surface area contributed by atoms with Crippen LogP contribution in [-0.2, 0) is 6.42 Å². The van der Waals surface area contributed by atoms with E-state index >= 15 is 0 Å². The maximum absolute atomic E-state index is 10.8. The van der Waals surface area contributed by atoms with E-state index in [1.807, 2.05) is 13.0 Å². The van der Waals surface area contributed by atoms with E-state index in [2.05, 4.69) is 36.5 Å². The molecular weight excluding hydrogens is 264 g/mol. The molecule has 0 aliphatic rings. The third-order valence-corrected chi connectivity index (χ3v) is 3.46. The first-order valence-corrected chi connectivity index (χ1v) is 7.20. The Labute approximate surface area is 125 Å². The van der Waals surface area contributed by atoms with Gasteiger partial charge in [0.05, 0.1) is 4.92 Å². The lowest BCUT2D eigenvalue weighted by Crippen LogP contribution is -2.07. The van der Waals surface area contributed by atoms with E-state index in [-0.39, 0.29) is 16.7 Å². The van der Waals surface area contributed by atoms with Crippen LogP contribution in [0.3, 0.4) is 0 Å². The number of nitrogens with one attached hydrogen (secondary N) is 1. The number of non-ortho nitro benzene ring substituents is 1. The summed E-state index contributed by atoms with van der Waals surface area (Å²) in [5.74, 6) is 0. The first kappa shape index (κ1) is 15.0. The molecule has 1 N–H and O–H groups in total. The monoisotopic (exact) mass is 284 g/mol. The number of hydrogen-bond acceptors (Lipinski definition) is 3. The molecule has 0 fully saturated rings. The second-order valence-corrected chi connectivity index (χ2v) is 5.17. The highest BCUT2D eigenvalue weighted by atomic mass is 16.6. The van der Waals surface area contributed by atoms with Crippen LogP contribution in [0.5, 0.6) is 0 Å². The number of anilines is 1. The van der Waals surface area contributed by atoms with E-state index < -0.39 is 0 Å². The third kappa shape index (κ3) is 4.05. The number of benzene rings is 2. The molecule has 2 rings (SSSR count). The molecule has 1 atom stereocenters. The third-order valence-electron chi connectivity index (χ3n) is 3.46. The molecule has 110 valence electrons. The molecule has 0 heterocycles. The topological polar surface area (TPSA) is 55.2 Å². The lowest BCUT2D eigenvalue weighted by molar-refractivity contribution is -0.384. The van der Waals surface area contributed by atoms with Gasteiger partial charge in [0.15, 0.2) is 0 Å². The van der Waals surface area contributed by atoms with Crippen molar-refractivity contribution in [2.75, 3.05) is 5.32 Å². The Bertz CT molecular complexity index is 608. The zero-order chi connectivity index (χ0) is 15.2. The van der Waals surface area contributed by atoms with Gasteiger partial charge in [0.1, 0.15) is 0 Å². The Kier molecular flexibility index (Phi) is 4.93. The molecule has 2 aromatic carbocycles. The summed E-state index contributed by atoms with van der Waals surface area (Å²) in [7, 11) is 0. The summed E-state index contributed by atoms with van der Waals surface area (Å²) in [6, 6.07) is 15.1. The molecule has 0 amide bonds. The Hall–Kier alpha value is -2.36. The number of nitro groups is 1. The fourth-order valence-electron chi connectivity index (χ4n) is 2.30. The standard InChI is InChI=1S/C17H20N2O2/c1-3-5-14-8-10-16(11-9-14)18-13(2)15-6-4-7-17(12-15)19(20)21/h4,6-13,18H,3,5H2,1-2H3. The van der Waals surface area contributed by atoms with E-state index in [1.165, 1.54) is 11.6 Å². The number of rotatable bonds is 6. The summed E-state index contributed by atoms with van der Waals surface area (Å²) in [5.41, 5.74) is 3.38. The van der Waals surface area contributed by atoms with Crippen molar-refractivity contribution in [3.05, 3.63) is 69.8 Å². The zero-order valence-electron chi connectivity index (χ0n) is 12.4. The van der Waals surface area contributed by atoms with Crippen LogP contribution < -0.4 is 5.32 Å². The zero-order valence-corrected chi connectivity index (χ0v) is 12.4. The van der Waals surface area contributed by atoms with Gasteiger partial charge in [-0.25, -0.2) is 0 Å². The fourth-order valence-corrected chi connectivity index (χ4v) is 2.30. The van der Waals surface area contributed by atoms with Gasteiger partial charge < -0.3 is 5.32 Å². The summed E-state index contributed by atoms with van der Waals surface area (Å²) in [5, 5.41) is 14.2. The Morgan fingerprint density at radius 2 is 1.90 bits per heavy atom. The van der Waals surface area contributed by atoms with Crippen LogP contribution in [0, 0.1) is 10.1 Å². The van der Waals surface area contributed by atoms with Crippen molar-refractivity contribution >= 4 is 11.4 Å². The van der Waals surface area contributed by atoms with Crippen molar-refractivity contribution in [2.45, 2.75) is 32.7 Å². The van der Waals surface area contributed by atoms with Gasteiger partial charge in [-0.1, -0.05) is 37.6 Å². The molecule has 1 unspecified atom stereocenters. The average Bonchev–Trinajstić information content (AvgIpc) is 2.49.